The fourth-order valence-corrected chi connectivity index (χ4v) is 3.87. The Hall–Kier alpha value is -2.26. The van der Waals surface area contributed by atoms with Crippen molar-refractivity contribution < 1.29 is 4.79 Å². The molecule has 3 rings (SSSR count). The van der Waals surface area contributed by atoms with Crippen molar-refractivity contribution in [2.45, 2.75) is 32.4 Å². The number of likely N-dealkylation sites (tertiary alicyclic amines) is 1. The molecule has 0 spiro atoms. The number of H-pyrrole nitrogens is 1. The number of hydrogen-bond donors (Lipinski definition) is 1. The number of aryl methyl sites for hydroxylation is 1. The molecule has 1 fully saturated rings. The Morgan fingerprint density at radius 1 is 1.33 bits per heavy atom. The van der Waals surface area contributed by atoms with Gasteiger partial charge in [0.25, 0.3) is 5.56 Å². The third kappa shape index (κ3) is 4.92. The van der Waals surface area contributed by atoms with Crippen molar-refractivity contribution in [2.75, 3.05) is 39.1 Å². The summed E-state index contributed by atoms with van der Waals surface area (Å²) in [4.78, 5) is 41.8. The second-order valence-corrected chi connectivity index (χ2v) is 8.25. The summed E-state index contributed by atoms with van der Waals surface area (Å²) in [6, 6.07) is 1.79. The molecule has 1 amide bonds. The second-order valence-electron chi connectivity index (χ2n) is 7.19. The molecular formula is C18H26N6O2S. The van der Waals surface area contributed by atoms with Gasteiger partial charge < -0.3 is 9.80 Å². The number of likely N-dealkylation sites (N-methyl/N-ethyl adjacent to an activating group) is 1. The molecule has 1 unspecified atom stereocenters. The number of thiazole rings is 1. The van der Waals surface area contributed by atoms with Crippen LogP contribution in [-0.2, 0) is 17.8 Å². The van der Waals surface area contributed by atoms with Gasteiger partial charge in [-0.15, -0.1) is 11.3 Å². The molecule has 0 aromatic carbocycles. The Morgan fingerprint density at radius 2 is 2.11 bits per heavy atom. The normalized spacial score (nSPS) is 16.9. The molecule has 2 aromatic heterocycles. The fraction of sp³-hybridized carbons (Fsp3) is 0.556. The Morgan fingerprint density at radius 3 is 2.78 bits per heavy atom. The number of anilines is 1. The Labute approximate surface area is 162 Å². The number of aromatic nitrogens is 3. The molecule has 8 nitrogen and oxygen atoms in total. The Balaban J connectivity index is 1.58. The molecule has 9 heteroatoms. The molecule has 1 aliphatic rings. The highest BCUT2D eigenvalue weighted by molar-refractivity contribution is 7.09. The molecular weight excluding hydrogens is 364 g/mol. The predicted molar refractivity (Wildman–Crippen MR) is 106 cm³/mol. The zero-order valence-electron chi connectivity index (χ0n) is 16.2. The summed E-state index contributed by atoms with van der Waals surface area (Å²) >= 11 is 1.57. The second kappa shape index (κ2) is 8.18. The van der Waals surface area contributed by atoms with E-state index >= 15 is 0 Å². The summed E-state index contributed by atoms with van der Waals surface area (Å²) < 4.78 is 0. The van der Waals surface area contributed by atoms with Crippen molar-refractivity contribution in [1.29, 1.82) is 0 Å². The SMILES string of the molecule is Cc1nc(CC(=O)N2CCC(N(C)Cc3cc(=O)[nH]c(N(C)C)n3)C2)cs1. The van der Waals surface area contributed by atoms with Crippen molar-refractivity contribution in [3.8, 4) is 0 Å². The fourth-order valence-electron chi connectivity index (χ4n) is 3.26. The maximum Gasteiger partial charge on any atom is 0.252 e. The van der Waals surface area contributed by atoms with E-state index in [4.69, 9.17) is 0 Å². The molecule has 27 heavy (non-hydrogen) atoms. The van der Waals surface area contributed by atoms with Crippen LogP contribution in [0.15, 0.2) is 16.2 Å². The lowest BCUT2D eigenvalue weighted by Crippen LogP contribution is -2.37. The van der Waals surface area contributed by atoms with Crippen LogP contribution < -0.4 is 10.5 Å². The minimum absolute atomic E-state index is 0.125. The first-order valence-corrected chi connectivity index (χ1v) is 9.86. The van der Waals surface area contributed by atoms with Gasteiger partial charge in [-0.3, -0.25) is 19.5 Å². The summed E-state index contributed by atoms with van der Waals surface area (Å²) in [5.74, 6) is 0.674. The van der Waals surface area contributed by atoms with Crippen LogP contribution in [0.3, 0.4) is 0 Å². The highest BCUT2D eigenvalue weighted by Crippen LogP contribution is 2.18. The van der Waals surface area contributed by atoms with Gasteiger partial charge in [-0.25, -0.2) is 9.97 Å². The average Bonchev–Trinajstić information content (AvgIpc) is 3.23. The minimum Gasteiger partial charge on any atom is -0.348 e. The van der Waals surface area contributed by atoms with Crippen LogP contribution >= 0.6 is 11.3 Å². The number of carbonyl (C=O) groups is 1. The van der Waals surface area contributed by atoms with E-state index in [-0.39, 0.29) is 17.5 Å². The Kier molecular flexibility index (Phi) is 5.91. The maximum absolute atomic E-state index is 12.5. The number of aromatic amines is 1. The summed E-state index contributed by atoms with van der Waals surface area (Å²) in [5.41, 5.74) is 1.43. The van der Waals surface area contributed by atoms with Crippen LogP contribution in [0.2, 0.25) is 0 Å². The molecule has 1 atom stereocenters. The van der Waals surface area contributed by atoms with Crippen LogP contribution in [0.5, 0.6) is 0 Å². The van der Waals surface area contributed by atoms with Gasteiger partial charge in [0.2, 0.25) is 11.9 Å². The van der Waals surface area contributed by atoms with Crippen molar-refractivity contribution in [2.24, 2.45) is 0 Å². The van der Waals surface area contributed by atoms with E-state index < -0.39 is 0 Å². The first-order valence-electron chi connectivity index (χ1n) is 8.98. The lowest BCUT2D eigenvalue weighted by Gasteiger charge is -2.24. The average molecular weight is 391 g/mol. The van der Waals surface area contributed by atoms with Crippen LogP contribution in [0, 0.1) is 6.92 Å². The van der Waals surface area contributed by atoms with E-state index in [1.54, 1.807) is 16.2 Å². The number of rotatable bonds is 6. The monoisotopic (exact) mass is 390 g/mol. The quantitative estimate of drug-likeness (QED) is 0.788. The zero-order chi connectivity index (χ0) is 19.6. The van der Waals surface area contributed by atoms with Crippen LogP contribution in [0.4, 0.5) is 5.95 Å². The number of nitrogens with one attached hydrogen (secondary N) is 1. The van der Waals surface area contributed by atoms with E-state index in [2.05, 4.69) is 19.9 Å². The largest absolute Gasteiger partial charge is 0.348 e. The van der Waals surface area contributed by atoms with Crippen LogP contribution in [0.25, 0.3) is 0 Å². The smallest absolute Gasteiger partial charge is 0.252 e. The van der Waals surface area contributed by atoms with E-state index in [1.165, 1.54) is 6.07 Å². The first-order chi connectivity index (χ1) is 12.8. The van der Waals surface area contributed by atoms with Crippen LogP contribution in [0.1, 0.15) is 22.8 Å². The van der Waals surface area contributed by atoms with Crippen molar-refractivity contribution in [3.63, 3.8) is 0 Å². The molecule has 1 aliphatic heterocycles. The molecule has 146 valence electrons. The first kappa shape index (κ1) is 19.5. The van der Waals surface area contributed by atoms with Gasteiger partial charge >= 0.3 is 0 Å². The molecule has 0 aliphatic carbocycles. The van der Waals surface area contributed by atoms with Gasteiger partial charge in [-0.05, 0) is 20.4 Å². The lowest BCUT2D eigenvalue weighted by atomic mass is 10.2. The predicted octanol–water partition coefficient (Wildman–Crippen LogP) is 0.876. The van der Waals surface area contributed by atoms with Gasteiger partial charge in [0.15, 0.2) is 0 Å². The molecule has 0 saturated carbocycles. The summed E-state index contributed by atoms with van der Waals surface area (Å²) in [5, 5.41) is 2.94. The third-order valence-electron chi connectivity index (χ3n) is 4.76. The molecule has 3 heterocycles. The molecule has 1 N–H and O–H groups in total. The van der Waals surface area contributed by atoms with E-state index in [0.29, 0.717) is 25.5 Å². The van der Waals surface area contributed by atoms with Gasteiger partial charge in [0.05, 0.1) is 22.8 Å². The van der Waals surface area contributed by atoms with Crippen molar-refractivity contribution in [1.82, 2.24) is 24.8 Å². The molecule has 0 bridgehead atoms. The maximum atomic E-state index is 12.5. The number of carbonyl (C=O) groups excluding carboxylic acids is 1. The van der Waals surface area contributed by atoms with Gasteiger partial charge in [-0.2, -0.15) is 0 Å². The topological polar surface area (TPSA) is 85.4 Å². The highest BCUT2D eigenvalue weighted by Gasteiger charge is 2.29. The van der Waals surface area contributed by atoms with Crippen LogP contribution in [-0.4, -0.2) is 70.9 Å². The standard InChI is InChI=1S/C18H26N6O2S/c1-12-19-14(11-27-12)8-17(26)24-6-5-15(10-24)23(4)9-13-7-16(25)21-18(20-13)22(2)3/h7,11,15H,5-6,8-10H2,1-4H3,(H,20,21,25). The van der Waals surface area contributed by atoms with Gasteiger partial charge in [0, 0.05) is 51.2 Å². The van der Waals surface area contributed by atoms with E-state index in [1.807, 2.05) is 38.3 Å². The Bertz CT molecular complexity index is 862. The molecule has 0 radical (unpaired) electrons. The number of nitrogens with zero attached hydrogens (tertiary/aromatic N) is 5. The number of amides is 1. The summed E-state index contributed by atoms with van der Waals surface area (Å²) in [6.07, 6.45) is 1.28. The summed E-state index contributed by atoms with van der Waals surface area (Å²) in [6.45, 7) is 3.97. The lowest BCUT2D eigenvalue weighted by molar-refractivity contribution is -0.129. The van der Waals surface area contributed by atoms with Crippen molar-refractivity contribution in [3.05, 3.63) is 38.2 Å². The third-order valence-corrected chi connectivity index (χ3v) is 5.58. The molecule has 2 aromatic rings. The molecule has 1 saturated heterocycles. The minimum atomic E-state index is -0.154. The van der Waals surface area contributed by atoms with E-state index in [0.717, 1.165) is 29.4 Å². The zero-order valence-corrected chi connectivity index (χ0v) is 17.0. The van der Waals surface area contributed by atoms with Gasteiger partial charge in [-0.1, -0.05) is 0 Å². The number of hydrogen-bond acceptors (Lipinski definition) is 7. The van der Waals surface area contributed by atoms with E-state index in [9.17, 15) is 9.59 Å². The van der Waals surface area contributed by atoms with Crippen molar-refractivity contribution >= 4 is 23.2 Å². The van der Waals surface area contributed by atoms with Gasteiger partial charge in [0.1, 0.15) is 0 Å². The highest BCUT2D eigenvalue weighted by atomic mass is 32.1. The summed E-state index contributed by atoms with van der Waals surface area (Å²) in [7, 11) is 5.70.